The first-order valence-corrected chi connectivity index (χ1v) is 4.33. The van der Waals surface area contributed by atoms with Gasteiger partial charge in [0.15, 0.2) is 0 Å². The average molecular weight is 174 g/mol. The molecule has 0 radical (unpaired) electrons. The van der Waals surface area contributed by atoms with Crippen LogP contribution in [0, 0.1) is 0 Å². The van der Waals surface area contributed by atoms with Crippen LogP contribution in [0.2, 0.25) is 0 Å². The summed E-state index contributed by atoms with van der Waals surface area (Å²) in [5.41, 5.74) is 0. The van der Waals surface area contributed by atoms with Crippen molar-refractivity contribution in [2.45, 2.75) is 19.3 Å². The van der Waals surface area contributed by atoms with Gasteiger partial charge >= 0.3 is 5.97 Å². The molecule has 0 rings (SSSR count). The van der Waals surface area contributed by atoms with Gasteiger partial charge in [-0.15, -0.1) is 0 Å². The van der Waals surface area contributed by atoms with Gasteiger partial charge in [-0.1, -0.05) is 0 Å². The molecular weight excluding hydrogens is 154 g/mol. The van der Waals surface area contributed by atoms with E-state index in [1.54, 1.807) is 0 Å². The molecule has 0 aliphatic rings. The second-order valence-corrected chi connectivity index (χ2v) is 4.05. The number of carbonyl (C=O) groups is 1. The van der Waals surface area contributed by atoms with Gasteiger partial charge in [0, 0.05) is 6.42 Å². The Morgan fingerprint density at radius 2 is 1.83 bits per heavy atom. The highest BCUT2D eigenvalue weighted by atomic mass is 16.5. The molecule has 0 saturated heterocycles. The van der Waals surface area contributed by atoms with Gasteiger partial charge in [-0.2, -0.15) is 0 Å². The Balaban J connectivity index is 3.28. The quantitative estimate of drug-likeness (QED) is 0.353. The van der Waals surface area contributed by atoms with E-state index in [1.807, 2.05) is 0 Å². The summed E-state index contributed by atoms with van der Waals surface area (Å²) >= 11 is 0. The van der Waals surface area contributed by atoms with E-state index in [9.17, 15) is 4.79 Å². The summed E-state index contributed by atoms with van der Waals surface area (Å²) in [5.74, 6) is -0.101. The summed E-state index contributed by atoms with van der Waals surface area (Å²) in [7, 11) is 7.89. The summed E-state index contributed by atoms with van der Waals surface area (Å²) < 4.78 is 5.50. The fourth-order valence-electron chi connectivity index (χ4n) is 0.958. The Hall–Kier alpha value is -0.570. The fourth-order valence-corrected chi connectivity index (χ4v) is 0.958. The molecule has 0 N–H and O–H groups in total. The molecule has 0 bridgehead atoms. The lowest BCUT2D eigenvalue weighted by atomic mass is 10.2. The van der Waals surface area contributed by atoms with Crippen LogP contribution in [0.1, 0.15) is 19.3 Å². The molecule has 0 aliphatic carbocycles. The number of carbonyl (C=O) groups excluding carboxylic acids is 1. The molecule has 3 nitrogen and oxygen atoms in total. The third-order valence-corrected chi connectivity index (χ3v) is 1.69. The van der Waals surface area contributed by atoms with E-state index in [0.29, 0.717) is 6.42 Å². The van der Waals surface area contributed by atoms with E-state index >= 15 is 0 Å². The van der Waals surface area contributed by atoms with E-state index in [2.05, 4.69) is 25.9 Å². The van der Waals surface area contributed by atoms with Crippen molar-refractivity contribution >= 4 is 5.97 Å². The number of quaternary nitrogens is 1. The van der Waals surface area contributed by atoms with Gasteiger partial charge in [0.05, 0.1) is 34.8 Å². The zero-order valence-electron chi connectivity index (χ0n) is 8.59. The topological polar surface area (TPSA) is 26.3 Å². The minimum absolute atomic E-state index is 0.101. The second-order valence-electron chi connectivity index (χ2n) is 4.05. The van der Waals surface area contributed by atoms with Crippen LogP contribution in [0.3, 0.4) is 0 Å². The number of rotatable bonds is 5. The number of hydrogen-bond acceptors (Lipinski definition) is 2. The summed E-state index contributed by atoms with van der Waals surface area (Å²) in [6.07, 6.45) is 2.57. The van der Waals surface area contributed by atoms with Crippen LogP contribution in [0.4, 0.5) is 0 Å². The Morgan fingerprint density at radius 1 is 1.25 bits per heavy atom. The number of ether oxygens (including phenoxy) is 1. The number of nitrogens with zero attached hydrogens (tertiary/aromatic N) is 1. The maximum Gasteiger partial charge on any atom is 0.305 e. The van der Waals surface area contributed by atoms with Crippen molar-refractivity contribution < 1.29 is 14.0 Å². The maximum absolute atomic E-state index is 10.7. The third-order valence-electron chi connectivity index (χ3n) is 1.69. The molecule has 0 aromatic heterocycles. The Morgan fingerprint density at radius 3 is 2.25 bits per heavy atom. The van der Waals surface area contributed by atoms with Crippen LogP contribution >= 0.6 is 0 Å². The lowest BCUT2D eigenvalue weighted by molar-refractivity contribution is -0.870. The van der Waals surface area contributed by atoms with Crippen LogP contribution in [0.25, 0.3) is 0 Å². The molecule has 3 heteroatoms. The molecule has 12 heavy (non-hydrogen) atoms. The fraction of sp³-hybridized carbons (Fsp3) is 0.889. The zero-order valence-corrected chi connectivity index (χ0v) is 8.59. The highest BCUT2D eigenvalue weighted by Gasteiger charge is 2.06. The van der Waals surface area contributed by atoms with Gasteiger partial charge in [-0.25, -0.2) is 0 Å². The van der Waals surface area contributed by atoms with Gasteiger partial charge in [0.1, 0.15) is 0 Å². The predicted molar refractivity (Wildman–Crippen MR) is 48.8 cm³/mol. The molecule has 0 aliphatic heterocycles. The highest BCUT2D eigenvalue weighted by molar-refractivity contribution is 5.68. The molecule has 0 aromatic carbocycles. The highest BCUT2D eigenvalue weighted by Crippen LogP contribution is 2.01. The van der Waals surface area contributed by atoms with E-state index < -0.39 is 0 Å². The molecule has 0 fully saturated rings. The number of methoxy groups -OCH3 is 1. The zero-order chi connectivity index (χ0) is 9.61. The molecule has 0 heterocycles. The molecule has 0 unspecified atom stereocenters. The van der Waals surface area contributed by atoms with E-state index in [0.717, 1.165) is 23.9 Å². The average Bonchev–Trinajstić information content (AvgIpc) is 1.96. The van der Waals surface area contributed by atoms with Crippen LogP contribution in [-0.2, 0) is 9.53 Å². The van der Waals surface area contributed by atoms with Gasteiger partial charge in [-0.3, -0.25) is 4.79 Å². The third kappa shape index (κ3) is 7.54. The van der Waals surface area contributed by atoms with Crippen molar-refractivity contribution in [2.24, 2.45) is 0 Å². The van der Waals surface area contributed by atoms with Crippen molar-refractivity contribution in [3.05, 3.63) is 0 Å². The Kier molecular flexibility index (Phi) is 4.90. The summed E-state index contributed by atoms with van der Waals surface area (Å²) in [4.78, 5) is 10.7. The Bertz CT molecular complexity index is 138. The van der Waals surface area contributed by atoms with Crippen LogP contribution in [0.15, 0.2) is 0 Å². The first-order chi connectivity index (χ1) is 5.45. The van der Waals surface area contributed by atoms with Crippen molar-refractivity contribution in [2.75, 3.05) is 34.8 Å². The lowest BCUT2D eigenvalue weighted by Crippen LogP contribution is -2.35. The monoisotopic (exact) mass is 174 g/mol. The summed E-state index contributed by atoms with van der Waals surface area (Å²) in [5, 5.41) is 0. The molecule has 72 valence electrons. The first-order valence-electron chi connectivity index (χ1n) is 4.33. The van der Waals surface area contributed by atoms with Gasteiger partial charge in [0.2, 0.25) is 0 Å². The van der Waals surface area contributed by atoms with Gasteiger partial charge in [-0.05, 0) is 12.8 Å². The molecule has 0 spiro atoms. The smallest absolute Gasteiger partial charge is 0.305 e. The summed E-state index contributed by atoms with van der Waals surface area (Å²) in [6, 6.07) is 0. The normalized spacial score (nSPS) is 11.3. The standard InChI is InChI=1S/C9H20NO2/c1-10(2,3)8-6-5-7-9(11)12-4/h5-8H2,1-4H3/q+1. The minimum Gasteiger partial charge on any atom is -0.469 e. The number of unbranched alkanes of at least 4 members (excludes halogenated alkanes) is 1. The lowest BCUT2D eigenvalue weighted by Gasteiger charge is -2.23. The molecular formula is C9H20NO2+. The maximum atomic E-state index is 10.7. The molecule has 0 amide bonds. The number of hydrogen-bond donors (Lipinski definition) is 0. The van der Waals surface area contributed by atoms with Crippen molar-refractivity contribution in [1.29, 1.82) is 0 Å². The largest absolute Gasteiger partial charge is 0.469 e. The van der Waals surface area contributed by atoms with Crippen molar-refractivity contribution in [3.8, 4) is 0 Å². The molecule has 0 aromatic rings. The van der Waals surface area contributed by atoms with Crippen LogP contribution in [-0.4, -0.2) is 45.2 Å². The molecule has 0 saturated carbocycles. The van der Waals surface area contributed by atoms with E-state index in [4.69, 9.17) is 0 Å². The van der Waals surface area contributed by atoms with Crippen molar-refractivity contribution in [1.82, 2.24) is 0 Å². The predicted octanol–water partition coefficient (Wildman–Crippen LogP) is 1.04. The number of esters is 1. The minimum atomic E-state index is -0.101. The van der Waals surface area contributed by atoms with Crippen molar-refractivity contribution in [3.63, 3.8) is 0 Å². The van der Waals surface area contributed by atoms with Crippen LogP contribution in [0.5, 0.6) is 0 Å². The SMILES string of the molecule is COC(=O)CCCC[N+](C)(C)C. The Labute approximate surface area is 74.9 Å². The van der Waals surface area contributed by atoms with E-state index in [1.165, 1.54) is 7.11 Å². The first kappa shape index (κ1) is 11.4. The van der Waals surface area contributed by atoms with E-state index in [-0.39, 0.29) is 5.97 Å². The molecule has 0 atom stereocenters. The van der Waals surface area contributed by atoms with Gasteiger partial charge in [0.25, 0.3) is 0 Å². The summed E-state index contributed by atoms with van der Waals surface area (Å²) in [6.45, 7) is 1.11. The van der Waals surface area contributed by atoms with Gasteiger partial charge < -0.3 is 9.22 Å². The van der Waals surface area contributed by atoms with Crippen LogP contribution < -0.4 is 0 Å². The second kappa shape index (κ2) is 5.14.